The van der Waals surface area contributed by atoms with E-state index in [1.165, 1.54) is 0 Å². The zero-order valence-corrected chi connectivity index (χ0v) is 20.6. The van der Waals surface area contributed by atoms with Crippen molar-refractivity contribution in [2.75, 3.05) is 0 Å². The summed E-state index contributed by atoms with van der Waals surface area (Å²) in [6.07, 6.45) is 0. The molecule has 0 atom stereocenters. The van der Waals surface area contributed by atoms with Gasteiger partial charge in [0.25, 0.3) is 0 Å². The van der Waals surface area contributed by atoms with E-state index in [4.69, 9.17) is 4.98 Å². The predicted molar refractivity (Wildman–Crippen MR) is 152 cm³/mol. The van der Waals surface area contributed by atoms with Crippen LogP contribution < -0.4 is 0 Å². The number of rotatable bonds is 3. The van der Waals surface area contributed by atoms with Crippen molar-refractivity contribution in [1.82, 2.24) is 4.98 Å². The third kappa shape index (κ3) is 3.34. The Labute approximate surface area is 214 Å². The van der Waals surface area contributed by atoms with E-state index >= 15 is 0 Å². The van der Waals surface area contributed by atoms with Gasteiger partial charge in [0.05, 0.1) is 21.0 Å². The Morgan fingerprint density at radius 3 is 1.81 bits per heavy atom. The summed E-state index contributed by atoms with van der Waals surface area (Å²) in [5, 5.41) is 7.22. The van der Waals surface area contributed by atoms with Crippen LogP contribution >= 0.6 is 0 Å². The zero-order chi connectivity index (χ0) is 25.0. The maximum absolute atomic E-state index is 13.5. The van der Waals surface area contributed by atoms with Crippen LogP contribution in [-0.4, -0.2) is 13.4 Å². The first-order chi connectivity index (χ1) is 18.1. The molecule has 7 rings (SSSR count). The molecule has 3 nitrogen and oxygen atoms in total. The second-order valence-corrected chi connectivity index (χ2v) is 11.1. The van der Waals surface area contributed by atoms with Gasteiger partial charge in [-0.2, -0.15) is 0 Å². The lowest BCUT2D eigenvalue weighted by molar-refractivity contribution is 0.596. The number of sulfone groups is 1. The second kappa shape index (κ2) is 8.26. The van der Waals surface area contributed by atoms with Gasteiger partial charge in [0.1, 0.15) is 0 Å². The summed E-state index contributed by atoms with van der Waals surface area (Å²) in [4.78, 5) is 5.70. The monoisotopic (exact) mass is 495 g/mol. The van der Waals surface area contributed by atoms with Crippen LogP contribution in [0.1, 0.15) is 0 Å². The smallest absolute Gasteiger partial charge is 0.206 e. The minimum Gasteiger partial charge on any atom is -0.247 e. The Morgan fingerprint density at radius 1 is 0.459 bits per heavy atom. The average Bonchev–Trinajstić information content (AvgIpc) is 2.97. The summed E-state index contributed by atoms with van der Waals surface area (Å²) in [5.41, 5.74) is 2.85. The molecule has 0 aliphatic heterocycles. The molecule has 0 radical (unpaired) electrons. The number of aromatic nitrogens is 1. The first-order valence-electron chi connectivity index (χ1n) is 12.2. The maximum atomic E-state index is 13.5. The molecule has 1 heterocycles. The van der Waals surface area contributed by atoms with E-state index in [-0.39, 0.29) is 9.79 Å². The van der Waals surface area contributed by atoms with Crippen molar-refractivity contribution in [2.45, 2.75) is 9.79 Å². The standard InChI is InChI=1S/C33H21NO2S/c35-37(36,23-13-5-2-6-14-23)24-19-20-27-29(21-24)25-15-7-8-16-26(25)31-28-17-9-10-18-30(28)34-33(32(27)31)22-11-3-1-4-12-22/h1-21H. The van der Waals surface area contributed by atoms with Crippen LogP contribution in [0.5, 0.6) is 0 Å². The van der Waals surface area contributed by atoms with Crippen molar-refractivity contribution < 1.29 is 8.42 Å². The molecule has 0 fully saturated rings. The van der Waals surface area contributed by atoms with Gasteiger partial charge < -0.3 is 0 Å². The van der Waals surface area contributed by atoms with Gasteiger partial charge in [0, 0.05) is 21.7 Å². The third-order valence-corrected chi connectivity index (χ3v) is 8.82. The Hall–Kier alpha value is -4.54. The highest BCUT2D eigenvalue weighted by molar-refractivity contribution is 7.91. The number of para-hydroxylation sites is 1. The molecule has 1 aromatic heterocycles. The highest BCUT2D eigenvalue weighted by Gasteiger charge is 2.21. The van der Waals surface area contributed by atoms with Gasteiger partial charge in [-0.25, -0.2) is 13.4 Å². The van der Waals surface area contributed by atoms with Gasteiger partial charge in [0.2, 0.25) is 9.84 Å². The number of benzene rings is 6. The van der Waals surface area contributed by atoms with E-state index in [0.29, 0.717) is 0 Å². The first-order valence-corrected chi connectivity index (χ1v) is 13.6. The van der Waals surface area contributed by atoms with Gasteiger partial charge >= 0.3 is 0 Å². The van der Waals surface area contributed by atoms with Crippen molar-refractivity contribution in [3.8, 4) is 11.3 Å². The highest BCUT2D eigenvalue weighted by Crippen LogP contribution is 2.43. The van der Waals surface area contributed by atoms with Crippen LogP contribution in [-0.2, 0) is 9.84 Å². The zero-order valence-electron chi connectivity index (χ0n) is 19.8. The van der Waals surface area contributed by atoms with Gasteiger partial charge in [-0.3, -0.25) is 0 Å². The minimum absolute atomic E-state index is 0.283. The maximum Gasteiger partial charge on any atom is 0.206 e. The van der Waals surface area contributed by atoms with E-state index in [2.05, 4.69) is 36.4 Å². The third-order valence-electron chi connectivity index (χ3n) is 7.05. The number of hydrogen-bond donors (Lipinski definition) is 0. The SMILES string of the molecule is O=S(=O)(c1ccccc1)c1ccc2c(c1)c1ccccc1c1c3ccccc3nc(-c3ccccc3)c21. The van der Waals surface area contributed by atoms with Crippen molar-refractivity contribution in [3.63, 3.8) is 0 Å². The second-order valence-electron chi connectivity index (χ2n) is 9.16. The fourth-order valence-corrected chi connectivity index (χ4v) is 6.67. The summed E-state index contributed by atoms with van der Waals surface area (Å²) in [5.74, 6) is 0. The lowest BCUT2D eigenvalue weighted by Gasteiger charge is -2.17. The highest BCUT2D eigenvalue weighted by atomic mass is 32.2. The average molecular weight is 496 g/mol. The molecule has 176 valence electrons. The normalized spacial score (nSPS) is 12.0. The van der Waals surface area contributed by atoms with Gasteiger partial charge in [0.15, 0.2) is 0 Å². The summed E-state index contributed by atoms with van der Waals surface area (Å²) in [6, 6.07) is 40.8. The van der Waals surface area contributed by atoms with E-state index in [1.807, 2.05) is 60.7 Å². The molecule has 0 saturated heterocycles. The van der Waals surface area contributed by atoms with E-state index in [1.54, 1.807) is 30.3 Å². The topological polar surface area (TPSA) is 47.0 Å². The molecule has 0 spiro atoms. The molecule has 0 N–H and O–H groups in total. The molecule has 0 aliphatic carbocycles. The molecule has 7 aromatic rings. The van der Waals surface area contributed by atoms with Crippen LogP contribution in [0.15, 0.2) is 137 Å². The largest absolute Gasteiger partial charge is 0.247 e. The number of hydrogen-bond acceptors (Lipinski definition) is 3. The van der Waals surface area contributed by atoms with Crippen LogP contribution in [0.2, 0.25) is 0 Å². The molecular formula is C33H21NO2S. The van der Waals surface area contributed by atoms with Crippen molar-refractivity contribution in [2.24, 2.45) is 0 Å². The molecule has 0 saturated carbocycles. The fourth-order valence-electron chi connectivity index (χ4n) is 5.36. The van der Waals surface area contributed by atoms with Gasteiger partial charge in [-0.05, 0) is 51.9 Å². The molecule has 6 aromatic carbocycles. The first kappa shape index (κ1) is 21.7. The summed E-state index contributed by atoms with van der Waals surface area (Å²) in [7, 11) is -3.66. The summed E-state index contributed by atoms with van der Waals surface area (Å²) in [6.45, 7) is 0. The van der Waals surface area contributed by atoms with E-state index < -0.39 is 9.84 Å². The van der Waals surface area contributed by atoms with Crippen molar-refractivity contribution in [1.29, 1.82) is 0 Å². The molecule has 0 unspecified atom stereocenters. The molecular weight excluding hydrogens is 474 g/mol. The van der Waals surface area contributed by atoms with Crippen molar-refractivity contribution in [3.05, 3.63) is 127 Å². The number of pyridine rings is 1. The Balaban J connectivity index is 1.69. The Morgan fingerprint density at radius 2 is 1.05 bits per heavy atom. The van der Waals surface area contributed by atoms with E-state index in [0.717, 1.165) is 54.5 Å². The van der Waals surface area contributed by atoms with Crippen LogP contribution in [0.25, 0.3) is 54.5 Å². The van der Waals surface area contributed by atoms with Crippen LogP contribution in [0.3, 0.4) is 0 Å². The lowest BCUT2D eigenvalue weighted by atomic mass is 9.90. The molecule has 37 heavy (non-hydrogen) atoms. The Kier molecular flexibility index (Phi) is 4.85. The van der Waals surface area contributed by atoms with Gasteiger partial charge in [-0.15, -0.1) is 0 Å². The number of fused-ring (bicyclic) bond motifs is 8. The van der Waals surface area contributed by atoms with Crippen molar-refractivity contribution >= 4 is 53.1 Å². The Bertz CT molecular complexity index is 2090. The lowest BCUT2D eigenvalue weighted by Crippen LogP contribution is -2.02. The predicted octanol–water partition coefficient (Wildman–Crippen LogP) is 8.19. The van der Waals surface area contributed by atoms with E-state index in [9.17, 15) is 8.42 Å². The molecule has 0 aliphatic rings. The quantitative estimate of drug-likeness (QED) is 0.232. The summed E-state index contributed by atoms with van der Waals surface area (Å²) < 4.78 is 27.1. The molecule has 0 amide bonds. The van der Waals surface area contributed by atoms with Crippen LogP contribution in [0, 0.1) is 0 Å². The molecule has 0 bridgehead atoms. The fraction of sp³-hybridized carbons (Fsp3) is 0. The van der Waals surface area contributed by atoms with Gasteiger partial charge in [-0.1, -0.05) is 97.1 Å². The molecule has 4 heteroatoms. The number of nitrogens with zero attached hydrogens (tertiary/aromatic N) is 1. The summed E-state index contributed by atoms with van der Waals surface area (Å²) >= 11 is 0. The minimum atomic E-state index is -3.66. The van der Waals surface area contributed by atoms with Crippen LogP contribution in [0.4, 0.5) is 0 Å².